The minimum absolute atomic E-state index is 0.295. The van der Waals surface area contributed by atoms with E-state index in [1.54, 1.807) is 11.3 Å². The minimum atomic E-state index is -1.23. The molecular weight excluding hydrogens is 448 g/mol. The van der Waals surface area contributed by atoms with Crippen molar-refractivity contribution in [2.45, 2.75) is 24.0 Å². The molecule has 3 heterocycles. The third-order valence-electron chi connectivity index (χ3n) is 4.76. The van der Waals surface area contributed by atoms with Gasteiger partial charge in [-0.1, -0.05) is 36.4 Å². The number of hydrogen-bond acceptors (Lipinski definition) is 7. The first-order valence-electron chi connectivity index (χ1n) is 9.88. The number of anilines is 1. The number of nitrogens with zero attached hydrogens (tertiary/aromatic N) is 1. The van der Waals surface area contributed by atoms with Gasteiger partial charge in [0.2, 0.25) is 0 Å². The Labute approximate surface area is 191 Å². The van der Waals surface area contributed by atoms with Crippen molar-refractivity contribution in [2.24, 2.45) is 0 Å². The summed E-state index contributed by atoms with van der Waals surface area (Å²) in [5.74, 6) is 0.174. The molecule has 0 unspecified atom stereocenters. The average Bonchev–Trinajstić information content (AvgIpc) is 3.42. The zero-order chi connectivity index (χ0) is 21.8. The first-order valence-corrected chi connectivity index (χ1v) is 12.9. The molecule has 0 radical (unpaired) electrons. The third-order valence-corrected chi connectivity index (χ3v) is 8.65. The molecule has 2 N–H and O–H groups in total. The number of fused-ring (bicyclic) bond motifs is 1. The lowest BCUT2D eigenvalue weighted by Gasteiger charge is -2.08. The average molecular weight is 471 g/mol. The van der Waals surface area contributed by atoms with Crippen LogP contribution in [0.1, 0.15) is 19.8 Å². The van der Waals surface area contributed by atoms with Gasteiger partial charge in [-0.05, 0) is 41.5 Å². The molecule has 0 aliphatic carbocycles. The fourth-order valence-electron chi connectivity index (χ4n) is 3.31. The summed E-state index contributed by atoms with van der Waals surface area (Å²) < 4.78 is 18.6. The van der Waals surface area contributed by atoms with Crippen molar-refractivity contribution in [1.29, 1.82) is 0 Å². The number of nitrogen functional groups attached to an aromatic ring is 1. The van der Waals surface area contributed by atoms with E-state index < -0.39 is 10.8 Å². The predicted molar refractivity (Wildman–Crippen MR) is 130 cm³/mol. The highest BCUT2D eigenvalue weighted by atomic mass is 32.2. The van der Waals surface area contributed by atoms with E-state index in [1.807, 2.05) is 35.7 Å². The topological polar surface area (TPSA) is 82.3 Å². The Morgan fingerprint density at radius 2 is 1.97 bits per heavy atom. The quantitative estimate of drug-likeness (QED) is 0.263. The summed E-state index contributed by atoms with van der Waals surface area (Å²) in [6.45, 7) is 1.73. The van der Waals surface area contributed by atoms with Gasteiger partial charge in [0.25, 0.3) is 0 Å². The van der Waals surface area contributed by atoms with Crippen LogP contribution in [0.15, 0.2) is 58.1 Å². The number of unbranched alkanes of at least 4 members (excludes halogenated alkanes) is 1. The second-order valence-electron chi connectivity index (χ2n) is 6.98. The number of benzene rings is 1. The van der Waals surface area contributed by atoms with E-state index >= 15 is 0 Å². The van der Waals surface area contributed by atoms with Crippen LogP contribution in [0.5, 0.6) is 0 Å². The normalized spacial score (nSPS) is 12.2. The van der Waals surface area contributed by atoms with Gasteiger partial charge in [0.1, 0.15) is 9.04 Å². The van der Waals surface area contributed by atoms with E-state index in [2.05, 4.69) is 18.2 Å². The fourth-order valence-corrected chi connectivity index (χ4v) is 6.71. The number of nitrogens with two attached hydrogens (primary N) is 1. The summed E-state index contributed by atoms with van der Waals surface area (Å²) in [5, 5.41) is 2.89. The van der Waals surface area contributed by atoms with Crippen molar-refractivity contribution in [3.63, 3.8) is 0 Å². The number of ether oxygens (including phenoxy) is 1. The second kappa shape index (κ2) is 9.72. The molecule has 0 bridgehead atoms. The van der Waals surface area contributed by atoms with Crippen LogP contribution in [0.3, 0.4) is 0 Å². The molecule has 0 fully saturated rings. The molecule has 0 spiro atoms. The van der Waals surface area contributed by atoms with Crippen LogP contribution in [0.2, 0.25) is 0 Å². The third kappa shape index (κ3) is 4.87. The Morgan fingerprint density at radius 1 is 1.16 bits per heavy atom. The van der Waals surface area contributed by atoms with E-state index in [4.69, 9.17) is 15.5 Å². The van der Waals surface area contributed by atoms with Gasteiger partial charge in [0.05, 0.1) is 33.7 Å². The van der Waals surface area contributed by atoms with Gasteiger partial charge in [0.15, 0.2) is 0 Å². The summed E-state index contributed by atoms with van der Waals surface area (Å²) in [6, 6.07) is 16.2. The second-order valence-corrected chi connectivity index (χ2v) is 10.7. The van der Waals surface area contributed by atoms with Crippen LogP contribution in [0.4, 0.5) is 5.69 Å². The van der Waals surface area contributed by atoms with Gasteiger partial charge in [-0.25, -0.2) is 4.98 Å². The van der Waals surface area contributed by atoms with Crippen LogP contribution >= 0.6 is 22.7 Å². The van der Waals surface area contributed by atoms with Crippen molar-refractivity contribution < 1.29 is 13.7 Å². The Balaban J connectivity index is 1.70. The molecule has 1 atom stereocenters. The molecular formula is C23H22N2O3S3. The zero-order valence-electron chi connectivity index (χ0n) is 17.0. The first-order chi connectivity index (χ1) is 15.0. The highest BCUT2D eigenvalue weighted by Gasteiger charge is 2.21. The van der Waals surface area contributed by atoms with Crippen molar-refractivity contribution in [2.75, 3.05) is 18.1 Å². The molecule has 0 amide bonds. The Hall–Kier alpha value is -2.55. The smallest absolute Gasteiger partial charge is 0.302 e. The van der Waals surface area contributed by atoms with E-state index in [0.717, 1.165) is 31.9 Å². The molecule has 160 valence electrons. The number of carbonyl (C=O) groups excluding carboxylic acids is 1. The lowest BCUT2D eigenvalue weighted by molar-refractivity contribution is -0.141. The summed E-state index contributed by atoms with van der Waals surface area (Å²) >= 11 is 3.04. The van der Waals surface area contributed by atoms with Crippen LogP contribution < -0.4 is 5.73 Å². The van der Waals surface area contributed by atoms with E-state index in [0.29, 0.717) is 35.1 Å². The van der Waals surface area contributed by atoms with Crippen molar-refractivity contribution >= 4 is 55.3 Å². The Kier molecular flexibility index (Phi) is 6.80. The molecule has 5 nitrogen and oxygen atoms in total. The van der Waals surface area contributed by atoms with Gasteiger partial charge in [-0.15, -0.1) is 22.7 Å². The molecule has 4 rings (SSSR count). The van der Waals surface area contributed by atoms with Crippen LogP contribution in [0.25, 0.3) is 31.9 Å². The van der Waals surface area contributed by atoms with E-state index in [9.17, 15) is 9.00 Å². The highest BCUT2D eigenvalue weighted by Crippen LogP contribution is 2.43. The van der Waals surface area contributed by atoms with Gasteiger partial charge in [0, 0.05) is 18.1 Å². The zero-order valence-corrected chi connectivity index (χ0v) is 19.4. The summed E-state index contributed by atoms with van der Waals surface area (Å²) in [7, 11) is -1.23. The predicted octanol–water partition coefficient (Wildman–Crippen LogP) is 5.72. The molecule has 8 heteroatoms. The molecule has 31 heavy (non-hydrogen) atoms. The summed E-state index contributed by atoms with van der Waals surface area (Å²) in [5.41, 5.74) is 10.0. The summed E-state index contributed by atoms with van der Waals surface area (Å²) in [6.07, 6.45) is 1.36. The van der Waals surface area contributed by atoms with Crippen molar-refractivity contribution in [3.8, 4) is 21.7 Å². The molecule has 4 aromatic rings. The first kappa shape index (κ1) is 21.7. The molecule has 0 aliphatic heterocycles. The standard InChI is InChI=1S/C23H22N2O3S3/c1-15(26)28-11-5-6-13-31(27)23-21(24)20-17(16-8-3-2-4-9-16)14-18(25-22(20)30-23)19-10-7-12-29-19/h2-4,7-10,12,14H,5-6,11,13,24H2,1H3/t31-/m0/s1. The number of rotatable bonds is 8. The maximum atomic E-state index is 13.0. The number of pyridine rings is 1. The van der Waals surface area contributed by atoms with Crippen molar-refractivity contribution in [3.05, 3.63) is 53.9 Å². The number of esters is 1. The number of hydrogen-bond donors (Lipinski definition) is 1. The number of thiophene rings is 2. The van der Waals surface area contributed by atoms with Crippen molar-refractivity contribution in [1.82, 2.24) is 4.98 Å². The summed E-state index contributed by atoms with van der Waals surface area (Å²) in [4.78, 5) is 17.6. The van der Waals surface area contributed by atoms with Crippen LogP contribution in [-0.2, 0) is 20.3 Å². The SMILES string of the molecule is CC(=O)OCCCC[S@](=O)c1sc2nc(-c3cccs3)cc(-c3ccccc3)c2c1N. The number of carbonyl (C=O) groups is 1. The lowest BCUT2D eigenvalue weighted by Crippen LogP contribution is -2.04. The Morgan fingerprint density at radius 3 is 2.68 bits per heavy atom. The molecule has 0 saturated carbocycles. The van der Waals surface area contributed by atoms with Crippen LogP contribution in [-0.4, -0.2) is 27.5 Å². The Bertz CT molecular complexity index is 1220. The van der Waals surface area contributed by atoms with Gasteiger partial charge < -0.3 is 10.5 Å². The van der Waals surface area contributed by atoms with Gasteiger partial charge in [-0.3, -0.25) is 9.00 Å². The molecule has 1 aromatic carbocycles. The molecule has 0 aliphatic rings. The maximum absolute atomic E-state index is 13.0. The number of aromatic nitrogens is 1. The molecule has 0 saturated heterocycles. The molecule has 3 aromatic heterocycles. The van der Waals surface area contributed by atoms with E-state index in [-0.39, 0.29) is 5.97 Å². The minimum Gasteiger partial charge on any atom is -0.466 e. The largest absolute Gasteiger partial charge is 0.466 e. The van der Waals surface area contributed by atoms with Gasteiger partial charge in [-0.2, -0.15) is 0 Å². The fraction of sp³-hybridized carbons (Fsp3) is 0.217. The monoisotopic (exact) mass is 470 g/mol. The highest BCUT2D eigenvalue weighted by molar-refractivity contribution is 7.87. The van der Waals surface area contributed by atoms with E-state index in [1.165, 1.54) is 18.3 Å². The van der Waals surface area contributed by atoms with Gasteiger partial charge >= 0.3 is 5.97 Å². The maximum Gasteiger partial charge on any atom is 0.302 e. The lowest BCUT2D eigenvalue weighted by atomic mass is 10.0. The van der Waals surface area contributed by atoms with Crippen LogP contribution in [0, 0.1) is 0 Å².